The van der Waals surface area contributed by atoms with Crippen LogP contribution in [0.25, 0.3) is 0 Å². The van der Waals surface area contributed by atoms with E-state index in [-0.39, 0.29) is 5.82 Å². The monoisotopic (exact) mass is 210 g/mol. The molecule has 0 amide bonds. The number of hydrogen-bond acceptors (Lipinski definition) is 2. The summed E-state index contributed by atoms with van der Waals surface area (Å²) in [5.41, 5.74) is 6.57. The zero-order chi connectivity index (χ0) is 11.1. The molecule has 15 heavy (non-hydrogen) atoms. The van der Waals surface area contributed by atoms with Gasteiger partial charge in [0.2, 0.25) is 0 Å². The third kappa shape index (κ3) is 4.91. The first-order valence-corrected chi connectivity index (χ1v) is 5.35. The van der Waals surface area contributed by atoms with Gasteiger partial charge in [0.05, 0.1) is 0 Å². The Bertz CT molecular complexity index is 271. The highest BCUT2D eigenvalue weighted by molar-refractivity contribution is 5.15. The lowest BCUT2D eigenvalue weighted by molar-refractivity contribution is 0.319. The standard InChI is InChI=1S/C12H19FN2/c1-15(9-3-2-8-14)10-11-4-6-12(13)7-5-11/h4-7H,2-3,8-10,14H2,1H3. The topological polar surface area (TPSA) is 29.3 Å². The van der Waals surface area contributed by atoms with Gasteiger partial charge >= 0.3 is 0 Å². The molecule has 1 aromatic carbocycles. The Morgan fingerprint density at radius 3 is 2.47 bits per heavy atom. The highest BCUT2D eigenvalue weighted by Gasteiger charge is 1.99. The van der Waals surface area contributed by atoms with Crippen LogP contribution in [0.15, 0.2) is 24.3 Å². The summed E-state index contributed by atoms with van der Waals surface area (Å²) >= 11 is 0. The molecule has 0 spiro atoms. The third-order valence-corrected chi connectivity index (χ3v) is 2.36. The van der Waals surface area contributed by atoms with Crippen molar-refractivity contribution in [3.05, 3.63) is 35.6 Å². The molecule has 1 rings (SSSR count). The van der Waals surface area contributed by atoms with Crippen LogP contribution in [0.3, 0.4) is 0 Å². The number of unbranched alkanes of at least 4 members (excludes halogenated alkanes) is 1. The molecular formula is C12H19FN2. The van der Waals surface area contributed by atoms with E-state index in [0.717, 1.165) is 38.0 Å². The van der Waals surface area contributed by atoms with E-state index in [4.69, 9.17) is 5.73 Å². The molecule has 3 heteroatoms. The first-order chi connectivity index (χ1) is 7.22. The lowest BCUT2D eigenvalue weighted by Crippen LogP contribution is -2.19. The van der Waals surface area contributed by atoms with Gasteiger partial charge in [0, 0.05) is 6.54 Å². The lowest BCUT2D eigenvalue weighted by atomic mass is 10.2. The number of nitrogens with zero attached hydrogens (tertiary/aromatic N) is 1. The SMILES string of the molecule is CN(CCCCN)Cc1ccc(F)cc1. The molecule has 0 fully saturated rings. The van der Waals surface area contributed by atoms with Crippen molar-refractivity contribution in [1.29, 1.82) is 0 Å². The van der Waals surface area contributed by atoms with E-state index >= 15 is 0 Å². The van der Waals surface area contributed by atoms with E-state index in [1.807, 2.05) is 12.1 Å². The quantitative estimate of drug-likeness (QED) is 0.728. The second kappa shape index (κ2) is 6.53. The number of halogens is 1. The van der Waals surface area contributed by atoms with Gasteiger partial charge < -0.3 is 10.6 Å². The van der Waals surface area contributed by atoms with E-state index in [0.29, 0.717) is 0 Å². The van der Waals surface area contributed by atoms with Gasteiger partial charge in [-0.2, -0.15) is 0 Å². The average molecular weight is 210 g/mol. The summed E-state index contributed by atoms with van der Waals surface area (Å²) < 4.78 is 12.6. The van der Waals surface area contributed by atoms with Gasteiger partial charge in [0.1, 0.15) is 5.82 Å². The van der Waals surface area contributed by atoms with Crippen molar-refractivity contribution in [2.24, 2.45) is 5.73 Å². The highest BCUT2D eigenvalue weighted by atomic mass is 19.1. The summed E-state index contributed by atoms with van der Waals surface area (Å²) in [5.74, 6) is -0.176. The van der Waals surface area contributed by atoms with Crippen LogP contribution in [-0.2, 0) is 6.54 Å². The van der Waals surface area contributed by atoms with Crippen LogP contribution >= 0.6 is 0 Å². The fourth-order valence-electron chi connectivity index (χ4n) is 1.51. The maximum atomic E-state index is 12.6. The highest BCUT2D eigenvalue weighted by Crippen LogP contribution is 2.05. The van der Waals surface area contributed by atoms with Crippen molar-refractivity contribution in [2.45, 2.75) is 19.4 Å². The zero-order valence-electron chi connectivity index (χ0n) is 9.25. The molecule has 0 aliphatic carbocycles. The Balaban J connectivity index is 2.31. The predicted molar refractivity (Wildman–Crippen MR) is 61.0 cm³/mol. The Labute approximate surface area is 90.9 Å². The van der Waals surface area contributed by atoms with Gasteiger partial charge in [-0.3, -0.25) is 0 Å². The molecule has 0 radical (unpaired) electrons. The molecule has 0 aliphatic heterocycles. The summed E-state index contributed by atoms with van der Waals surface area (Å²) in [5, 5.41) is 0. The van der Waals surface area contributed by atoms with E-state index in [1.165, 1.54) is 12.1 Å². The first kappa shape index (κ1) is 12.1. The van der Waals surface area contributed by atoms with Crippen LogP contribution in [0, 0.1) is 5.82 Å². The van der Waals surface area contributed by atoms with Crippen molar-refractivity contribution in [1.82, 2.24) is 4.90 Å². The minimum absolute atomic E-state index is 0.176. The molecular weight excluding hydrogens is 191 g/mol. The average Bonchev–Trinajstić information content (AvgIpc) is 2.22. The van der Waals surface area contributed by atoms with Crippen molar-refractivity contribution in [2.75, 3.05) is 20.1 Å². The maximum Gasteiger partial charge on any atom is 0.123 e. The molecule has 0 aliphatic rings. The number of benzene rings is 1. The van der Waals surface area contributed by atoms with Crippen LogP contribution in [0.1, 0.15) is 18.4 Å². The Kier molecular flexibility index (Phi) is 5.29. The van der Waals surface area contributed by atoms with Crippen LogP contribution in [-0.4, -0.2) is 25.0 Å². The fourth-order valence-corrected chi connectivity index (χ4v) is 1.51. The van der Waals surface area contributed by atoms with Crippen LogP contribution < -0.4 is 5.73 Å². The molecule has 0 bridgehead atoms. The van der Waals surface area contributed by atoms with Crippen LogP contribution in [0.5, 0.6) is 0 Å². The Hall–Kier alpha value is -0.930. The van der Waals surface area contributed by atoms with E-state index in [9.17, 15) is 4.39 Å². The third-order valence-electron chi connectivity index (χ3n) is 2.36. The lowest BCUT2D eigenvalue weighted by Gasteiger charge is -2.16. The van der Waals surface area contributed by atoms with Gasteiger partial charge in [0.25, 0.3) is 0 Å². The Morgan fingerprint density at radius 1 is 1.20 bits per heavy atom. The van der Waals surface area contributed by atoms with E-state index in [2.05, 4.69) is 11.9 Å². The number of rotatable bonds is 6. The summed E-state index contributed by atoms with van der Waals surface area (Å²) in [6.45, 7) is 2.66. The van der Waals surface area contributed by atoms with Gasteiger partial charge in [-0.1, -0.05) is 12.1 Å². The molecule has 2 nitrogen and oxygen atoms in total. The summed E-state index contributed by atoms with van der Waals surface area (Å²) in [4.78, 5) is 2.23. The minimum atomic E-state index is -0.176. The summed E-state index contributed by atoms with van der Waals surface area (Å²) in [6.07, 6.45) is 2.18. The second-order valence-electron chi connectivity index (χ2n) is 3.86. The Morgan fingerprint density at radius 2 is 1.87 bits per heavy atom. The largest absolute Gasteiger partial charge is 0.330 e. The molecule has 1 aromatic rings. The molecule has 0 heterocycles. The normalized spacial score (nSPS) is 10.9. The van der Waals surface area contributed by atoms with Crippen molar-refractivity contribution >= 4 is 0 Å². The summed E-state index contributed by atoms with van der Waals surface area (Å²) in [7, 11) is 2.07. The summed E-state index contributed by atoms with van der Waals surface area (Å²) in [6, 6.07) is 6.66. The zero-order valence-corrected chi connectivity index (χ0v) is 9.25. The molecule has 0 saturated heterocycles. The molecule has 0 atom stereocenters. The smallest absolute Gasteiger partial charge is 0.123 e. The number of nitrogens with two attached hydrogens (primary N) is 1. The van der Waals surface area contributed by atoms with Gasteiger partial charge in [-0.15, -0.1) is 0 Å². The molecule has 84 valence electrons. The second-order valence-corrected chi connectivity index (χ2v) is 3.86. The van der Waals surface area contributed by atoms with Gasteiger partial charge in [-0.25, -0.2) is 4.39 Å². The molecule has 0 unspecified atom stereocenters. The van der Waals surface area contributed by atoms with Crippen LogP contribution in [0.4, 0.5) is 4.39 Å². The number of hydrogen-bond donors (Lipinski definition) is 1. The minimum Gasteiger partial charge on any atom is -0.330 e. The van der Waals surface area contributed by atoms with Gasteiger partial charge in [-0.05, 0) is 50.7 Å². The van der Waals surface area contributed by atoms with Gasteiger partial charge in [0.15, 0.2) is 0 Å². The van der Waals surface area contributed by atoms with Crippen molar-refractivity contribution in [3.8, 4) is 0 Å². The predicted octanol–water partition coefficient (Wildman–Crippen LogP) is 2.00. The van der Waals surface area contributed by atoms with E-state index in [1.54, 1.807) is 0 Å². The molecule has 2 N–H and O–H groups in total. The maximum absolute atomic E-state index is 12.6. The van der Waals surface area contributed by atoms with Crippen LogP contribution in [0.2, 0.25) is 0 Å². The first-order valence-electron chi connectivity index (χ1n) is 5.35. The van der Waals surface area contributed by atoms with Crippen molar-refractivity contribution < 1.29 is 4.39 Å². The fraction of sp³-hybridized carbons (Fsp3) is 0.500. The van der Waals surface area contributed by atoms with Crippen molar-refractivity contribution in [3.63, 3.8) is 0 Å². The van der Waals surface area contributed by atoms with E-state index < -0.39 is 0 Å². The molecule has 0 saturated carbocycles. The molecule has 0 aromatic heterocycles.